The quantitative estimate of drug-likeness (QED) is 0.774. The van der Waals surface area contributed by atoms with Crippen LogP contribution in [0.25, 0.3) is 0 Å². The molecule has 1 atom stereocenters. The van der Waals surface area contributed by atoms with Gasteiger partial charge < -0.3 is 10.8 Å². The summed E-state index contributed by atoms with van der Waals surface area (Å²) in [5.41, 5.74) is 7.37. The second-order valence-corrected chi connectivity index (χ2v) is 4.09. The van der Waals surface area contributed by atoms with Crippen LogP contribution in [0, 0.1) is 0 Å². The second-order valence-electron chi connectivity index (χ2n) is 4.09. The highest BCUT2D eigenvalue weighted by Crippen LogP contribution is 2.26. The number of fused-ring (bicyclic) bond motifs is 1. The molecule has 1 aliphatic rings. The SMILES string of the molecule is N[C@H]1CCc2ccccc2N(CC(=O)O)C1=O. The number of carboxylic acid groups (broad SMARTS) is 1. The molecule has 0 bridgehead atoms. The van der Waals surface area contributed by atoms with Crippen molar-refractivity contribution in [3.63, 3.8) is 0 Å². The third-order valence-corrected chi connectivity index (χ3v) is 2.88. The molecule has 3 N–H and O–H groups in total. The van der Waals surface area contributed by atoms with Crippen molar-refractivity contribution < 1.29 is 14.7 Å². The van der Waals surface area contributed by atoms with Crippen molar-refractivity contribution in [1.82, 2.24) is 0 Å². The molecule has 1 heterocycles. The van der Waals surface area contributed by atoms with E-state index in [4.69, 9.17) is 10.8 Å². The first-order chi connectivity index (χ1) is 8.09. The monoisotopic (exact) mass is 234 g/mol. The Labute approximate surface area is 98.8 Å². The van der Waals surface area contributed by atoms with Gasteiger partial charge in [0.15, 0.2) is 0 Å². The molecule has 2 rings (SSSR count). The van der Waals surface area contributed by atoms with E-state index < -0.39 is 12.0 Å². The number of aliphatic carboxylic acids is 1. The lowest BCUT2D eigenvalue weighted by Crippen LogP contribution is -2.45. The molecule has 0 fully saturated rings. The number of rotatable bonds is 2. The van der Waals surface area contributed by atoms with Gasteiger partial charge in [-0.05, 0) is 24.5 Å². The Balaban J connectivity index is 2.43. The van der Waals surface area contributed by atoms with Gasteiger partial charge in [-0.1, -0.05) is 18.2 Å². The van der Waals surface area contributed by atoms with Crippen LogP contribution >= 0.6 is 0 Å². The number of para-hydroxylation sites is 1. The number of carbonyl (C=O) groups is 2. The van der Waals surface area contributed by atoms with E-state index in [2.05, 4.69) is 0 Å². The Hall–Kier alpha value is -1.88. The highest BCUT2D eigenvalue weighted by Gasteiger charge is 2.28. The minimum Gasteiger partial charge on any atom is -0.480 e. The van der Waals surface area contributed by atoms with Gasteiger partial charge in [0.1, 0.15) is 6.54 Å². The van der Waals surface area contributed by atoms with Crippen LogP contribution in [0.2, 0.25) is 0 Å². The summed E-state index contributed by atoms with van der Waals surface area (Å²) >= 11 is 0. The normalized spacial score (nSPS) is 19.7. The van der Waals surface area contributed by atoms with Crippen LogP contribution in [0.3, 0.4) is 0 Å². The molecule has 5 nitrogen and oxygen atoms in total. The molecule has 0 spiro atoms. The van der Waals surface area contributed by atoms with Gasteiger partial charge in [-0.25, -0.2) is 0 Å². The van der Waals surface area contributed by atoms with Gasteiger partial charge in [-0.2, -0.15) is 0 Å². The molecule has 17 heavy (non-hydrogen) atoms. The van der Waals surface area contributed by atoms with Gasteiger partial charge in [0.25, 0.3) is 0 Å². The molecule has 0 saturated heterocycles. The molecule has 0 radical (unpaired) electrons. The van der Waals surface area contributed by atoms with Crippen molar-refractivity contribution in [2.24, 2.45) is 5.73 Å². The molecule has 0 unspecified atom stereocenters. The van der Waals surface area contributed by atoms with Gasteiger partial charge in [0.05, 0.1) is 6.04 Å². The molecule has 90 valence electrons. The highest BCUT2D eigenvalue weighted by molar-refractivity contribution is 6.01. The first-order valence-electron chi connectivity index (χ1n) is 5.46. The lowest BCUT2D eigenvalue weighted by Gasteiger charge is -2.22. The van der Waals surface area contributed by atoms with Crippen LogP contribution < -0.4 is 10.6 Å². The van der Waals surface area contributed by atoms with Gasteiger partial charge in [-0.15, -0.1) is 0 Å². The lowest BCUT2D eigenvalue weighted by atomic mass is 10.1. The van der Waals surface area contributed by atoms with Crippen molar-refractivity contribution in [3.8, 4) is 0 Å². The number of amides is 1. The number of nitrogens with zero attached hydrogens (tertiary/aromatic N) is 1. The molecule has 1 aromatic rings. The van der Waals surface area contributed by atoms with Crippen LogP contribution in [0.4, 0.5) is 5.69 Å². The summed E-state index contributed by atoms with van der Waals surface area (Å²) in [5, 5.41) is 8.85. The summed E-state index contributed by atoms with van der Waals surface area (Å²) < 4.78 is 0. The maximum Gasteiger partial charge on any atom is 0.323 e. The minimum absolute atomic E-state index is 0.322. The first kappa shape index (κ1) is 11.6. The third-order valence-electron chi connectivity index (χ3n) is 2.88. The van der Waals surface area contributed by atoms with Crippen LogP contribution in [0.5, 0.6) is 0 Å². The number of hydrogen-bond acceptors (Lipinski definition) is 3. The lowest BCUT2D eigenvalue weighted by molar-refractivity contribution is -0.136. The average molecular weight is 234 g/mol. The van der Waals surface area contributed by atoms with E-state index in [-0.39, 0.29) is 12.5 Å². The van der Waals surface area contributed by atoms with Crippen molar-refractivity contribution in [3.05, 3.63) is 29.8 Å². The number of aryl methyl sites for hydroxylation is 1. The first-order valence-corrected chi connectivity index (χ1v) is 5.46. The molecular formula is C12H14N2O3. The van der Waals surface area contributed by atoms with E-state index in [1.807, 2.05) is 12.1 Å². The van der Waals surface area contributed by atoms with Crippen LogP contribution in [0.1, 0.15) is 12.0 Å². The van der Waals surface area contributed by atoms with Crippen molar-refractivity contribution in [2.45, 2.75) is 18.9 Å². The summed E-state index contributed by atoms with van der Waals surface area (Å²) in [7, 11) is 0. The smallest absolute Gasteiger partial charge is 0.323 e. The molecular weight excluding hydrogens is 220 g/mol. The average Bonchev–Trinajstić information content (AvgIpc) is 2.42. The number of carbonyl (C=O) groups excluding carboxylic acids is 1. The highest BCUT2D eigenvalue weighted by atomic mass is 16.4. The Bertz CT molecular complexity index is 459. The van der Waals surface area contributed by atoms with Crippen molar-refractivity contribution in [2.75, 3.05) is 11.4 Å². The Morgan fingerprint density at radius 2 is 2.18 bits per heavy atom. The Kier molecular flexibility index (Phi) is 3.10. The van der Waals surface area contributed by atoms with E-state index in [0.717, 1.165) is 5.56 Å². The summed E-state index contributed by atoms with van der Waals surface area (Å²) in [6, 6.07) is 6.70. The van der Waals surface area contributed by atoms with E-state index in [1.54, 1.807) is 12.1 Å². The van der Waals surface area contributed by atoms with E-state index >= 15 is 0 Å². The molecule has 0 aromatic heterocycles. The number of carboxylic acids is 1. The molecule has 0 aliphatic carbocycles. The summed E-state index contributed by atoms with van der Waals surface area (Å²) in [5.74, 6) is -1.36. The summed E-state index contributed by atoms with van der Waals surface area (Å²) in [6.45, 7) is -0.344. The van der Waals surface area contributed by atoms with Crippen LogP contribution in [-0.2, 0) is 16.0 Å². The van der Waals surface area contributed by atoms with E-state index in [1.165, 1.54) is 4.90 Å². The predicted molar refractivity (Wildman–Crippen MR) is 62.7 cm³/mol. The van der Waals surface area contributed by atoms with Gasteiger partial charge in [-0.3, -0.25) is 14.5 Å². The Morgan fingerprint density at radius 3 is 2.88 bits per heavy atom. The van der Waals surface area contributed by atoms with E-state index in [0.29, 0.717) is 18.5 Å². The topological polar surface area (TPSA) is 83.6 Å². The van der Waals surface area contributed by atoms with E-state index in [9.17, 15) is 9.59 Å². The van der Waals surface area contributed by atoms with Crippen molar-refractivity contribution >= 4 is 17.6 Å². The molecule has 0 saturated carbocycles. The number of benzene rings is 1. The predicted octanol–water partition coefficient (Wildman–Crippen LogP) is 0.378. The molecule has 1 amide bonds. The zero-order chi connectivity index (χ0) is 12.4. The van der Waals surface area contributed by atoms with Gasteiger partial charge in [0, 0.05) is 5.69 Å². The van der Waals surface area contributed by atoms with Crippen molar-refractivity contribution in [1.29, 1.82) is 0 Å². The maximum atomic E-state index is 12.0. The van der Waals surface area contributed by atoms with Crippen LogP contribution in [-0.4, -0.2) is 29.6 Å². The largest absolute Gasteiger partial charge is 0.480 e. The summed E-state index contributed by atoms with van der Waals surface area (Å²) in [4.78, 5) is 24.0. The fourth-order valence-electron chi connectivity index (χ4n) is 2.04. The zero-order valence-corrected chi connectivity index (χ0v) is 9.30. The fraction of sp³-hybridized carbons (Fsp3) is 0.333. The number of hydrogen-bond donors (Lipinski definition) is 2. The van der Waals surface area contributed by atoms with Crippen LogP contribution in [0.15, 0.2) is 24.3 Å². The number of nitrogens with two attached hydrogens (primary N) is 1. The zero-order valence-electron chi connectivity index (χ0n) is 9.30. The second kappa shape index (κ2) is 4.55. The Morgan fingerprint density at radius 1 is 1.47 bits per heavy atom. The van der Waals surface area contributed by atoms with Gasteiger partial charge in [0.2, 0.25) is 5.91 Å². The number of anilines is 1. The fourth-order valence-corrected chi connectivity index (χ4v) is 2.04. The standard InChI is InChI=1S/C12H14N2O3/c13-9-6-5-8-3-1-2-4-10(8)14(12(9)17)7-11(15)16/h1-4,9H,5-7,13H2,(H,15,16)/t9-/m0/s1. The van der Waals surface area contributed by atoms with Gasteiger partial charge >= 0.3 is 5.97 Å². The maximum absolute atomic E-state index is 12.0. The third kappa shape index (κ3) is 2.29. The minimum atomic E-state index is -1.04. The molecule has 1 aliphatic heterocycles. The summed E-state index contributed by atoms with van der Waals surface area (Å²) in [6.07, 6.45) is 1.24. The molecule has 5 heteroatoms. The molecule has 1 aromatic carbocycles.